The van der Waals surface area contributed by atoms with Crippen molar-refractivity contribution in [3.8, 4) is 40.7 Å². The van der Waals surface area contributed by atoms with E-state index < -0.39 is 5.69 Å². The van der Waals surface area contributed by atoms with E-state index in [1.807, 2.05) is 38.1 Å². The average molecular weight is 1130 g/mol. The van der Waals surface area contributed by atoms with Gasteiger partial charge in [-0.25, -0.2) is 14.5 Å². The standard InChI is InChI=1S/C63H75ClN12O6/c1-4-57(79)75-32-31-74(39-48(75)15-23-65)59-49-22-30-73(54-10-6-8-45-7-5-9-52(64)58(45)54)40-53(49)66-62(67-59)82-34-33-70-26-20-46(21-27-70)61(80)72-28-18-44(19-29-72)38-71-24-16-43(17-25-71)35-42-11-13-47(14-12-42)76-60(68-69-63(76)81)51-37-55(77)50(41(2)3)36-56(51)78/h4-14,36-37,41,43-44,46,48,77-78H,1,15-22,24-35,38-40H2,2-3H3,(H,69,81). The molecule has 6 aromatic rings. The molecule has 0 saturated carbocycles. The largest absolute Gasteiger partial charge is 0.508 e. The number of phenols is 2. The fourth-order valence-electron chi connectivity index (χ4n) is 13.3. The number of rotatable bonds is 16. The molecule has 4 aromatic carbocycles. The molecule has 4 saturated heterocycles. The fourth-order valence-corrected chi connectivity index (χ4v) is 13.5. The summed E-state index contributed by atoms with van der Waals surface area (Å²) in [5.74, 6) is 2.35. The second-order valence-electron chi connectivity index (χ2n) is 23.4. The number of carbonyl (C=O) groups is 2. The Morgan fingerprint density at radius 1 is 0.866 bits per heavy atom. The van der Waals surface area contributed by atoms with Gasteiger partial charge in [-0.1, -0.05) is 68.4 Å². The molecule has 0 bridgehead atoms. The van der Waals surface area contributed by atoms with Crippen molar-refractivity contribution < 1.29 is 24.5 Å². The molecule has 19 heteroatoms. The number of aromatic nitrogens is 5. The number of anilines is 2. The molecule has 7 heterocycles. The van der Waals surface area contributed by atoms with E-state index in [1.165, 1.54) is 28.3 Å². The molecule has 18 nitrogen and oxygen atoms in total. The van der Waals surface area contributed by atoms with Crippen molar-refractivity contribution in [2.75, 3.05) is 94.9 Å². The van der Waals surface area contributed by atoms with Gasteiger partial charge in [-0.05, 0) is 149 Å². The number of amides is 2. The second kappa shape index (κ2) is 24.9. The summed E-state index contributed by atoms with van der Waals surface area (Å²) in [7, 11) is 0. The number of nitrogens with zero attached hydrogens (tertiary/aromatic N) is 11. The van der Waals surface area contributed by atoms with Crippen molar-refractivity contribution in [1.29, 1.82) is 5.26 Å². The van der Waals surface area contributed by atoms with E-state index in [1.54, 1.807) is 4.90 Å². The number of benzene rings is 4. The lowest BCUT2D eigenvalue weighted by Crippen LogP contribution is -2.55. The van der Waals surface area contributed by atoms with Crippen molar-refractivity contribution in [3.05, 3.63) is 123 Å². The summed E-state index contributed by atoms with van der Waals surface area (Å²) in [5.41, 5.74) is 5.30. The Labute approximate surface area is 484 Å². The number of piperidine rings is 3. The van der Waals surface area contributed by atoms with Gasteiger partial charge < -0.3 is 39.4 Å². The molecule has 11 rings (SSSR count). The Bertz CT molecular complexity index is 3380. The maximum absolute atomic E-state index is 13.9. The van der Waals surface area contributed by atoms with Crippen molar-refractivity contribution in [3.63, 3.8) is 0 Å². The van der Waals surface area contributed by atoms with Gasteiger partial charge in [-0.2, -0.15) is 20.3 Å². The van der Waals surface area contributed by atoms with Gasteiger partial charge >= 0.3 is 11.7 Å². The molecule has 5 aliphatic heterocycles. The van der Waals surface area contributed by atoms with Crippen molar-refractivity contribution in [2.45, 2.75) is 90.1 Å². The summed E-state index contributed by atoms with van der Waals surface area (Å²) >= 11 is 6.81. The molecule has 2 aromatic heterocycles. The smallest absolute Gasteiger partial charge is 0.348 e. The lowest BCUT2D eigenvalue weighted by Gasteiger charge is -2.42. The quantitative estimate of drug-likeness (QED) is 0.0617. The number of carbonyl (C=O) groups excluding carboxylic acids is 2. The van der Waals surface area contributed by atoms with E-state index >= 15 is 0 Å². The first kappa shape index (κ1) is 56.4. The molecule has 2 amide bonds. The number of nitriles is 1. The minimum Gasteiger partial charge on any atom is -0.508 e. The van der Waals surface area contributed by atoms with E-state index in [0.29, 0.717) is 85.8 Å². The number of H-pyrrole nitrogens is 1. The SMILES string of the molecule is C=CC(=O)N1CCN(c2nc(OCCN3CCC(C(=O)N4CCC(CN5CCC(Cc6ccc(-n7c(-c8cc(O)c(C(C)C)cc8O)n[nH]c7=O)cc6)CC5)CC4)CC3)nc3c2CCN(c2cccc4cccc(Cl)c24)C3)CC1CC#N. The minimum absolute atomic E-state index is 0.0130. The second-order valence-corrected chi connectivity index (χ2v) is 23.8. The number of ether oxygens (including phenoxy) is 1. The molecular formula is C63H75ClN12O6. The maximum atomic E-state index is 13.9. The van der Waals surface area contributed by atoms with Crippen LogP contribution >= 0.6 is 11.6 Å². The zero-order valence-electron chi connectivity index (χ0n) is 47.2. The first-order chi connectivity index (χ1) is 39.8. The van der Waals surface area contributed by atoms with Crippen LogP contribution < -0.4 is 20.2 Å². The summed E-state index contributed by atoms with van der Waals surface area (Å²) in [6, 6.07) is 25.5. The average Bonchev–Trinajstić information content (AvgIpc) is 4.04. The molecule has 0 radical (unpaired) electrons. The van der Waals surface area contributed by atoms with Crippen LogP contribution in [0.3, 0.4) is 0 Å². The molecule has 0 spiro atoms. The highest BCUT2D eigenvalue weighted by Crippen LogP contribution is 2.40. The normalized spacial score (nSPS) is 18.9. The van der Waals surface area contributed by atoms with E-state index in [-0.39, 0.29) is 53.1 Å². The molecule has 4 fully saturated rings. The first-order valence-electron chi connectivity index (χ1n) is 29.4. The van der Waals surface area contributed by atoms with Gasteiger partial charge in [0.15, 0.2) is 5.82 Å². The molecule has 82 heavy (non-hydrogen) atoms. The molecular weight excluding hydrogens is 1060 g/mol. The number of halogens is 1. The van der Waals surface area contributed by atoms with Gasteiger partial charge in [0, 0.05) is 80.5 Å². The Hall–Kier alpha value is -7.46. The number of hydrogen-bond acceptors (Lipinski definition) is 14. The summed E-state index contributed by atoms with van der Waals surface area (Å²) in [5, 5.41) is 40.7. The molecule has 5 aliphatic rings. The van der Waals surface area contributed by atoms with E-state index in [0.717, 1.165) is 131 Å². The topological polar surface area (TPSA) is 204 Å². The zero-order chi connectivity index (χ0) is 57.0. The van der Waals surface area contributed by atoms with Crippen LogP contribution in [0.1, 0.15) is 87.1 Å². The number of phenolic OH excluding ortho intramolecular Hbond substituents is 2. The number of hydrogen-bond donors (Lipinski definition) is 3. The maximum Gasteiger partial charge on any atom is 0.348 e. The number of likely N-dealkylation sites (tertiary alicyclic amines) is 3. The van der Waals surface area contributed by atoms with E-state index in [4.69, 9.17) is 26.3 Å². The Morgan fingerprint density at radius 2 is 1.60 bits per heavy atom. The third kappa shape index (κ3) is 12.2. The molecule has 430 valence electrons. The fraction of sp³-hybridized carbons (Fsp3) is 0.476. The number of fused-ring (bicyclic) bond motifs is 2. The highest BCUT2D eigenvalue weighted by molar-refractivity contribution is 6.36. The lowest BCUT2D eigenvalue weighted by molar-refractivity contribution is -0.138. The Balaban J connectivity index is 0.634. The highest BCUT2D eigenvalue weighted by Gasteiger charge is 2.35. The minimum atomic E-state index is -0.427. The Morgan fingerprint density at radius 3 is 2.33 bits per heavy atom. The molecule has 1 atom stereocenters. The third-order valence-corrected chi connectivity index (χ3v) is 18.2. The van der Waals surface area contributed by atoms with Gasteiger partial charge in [-0.3, -0.25) is 14.5 Å². The monoisotopic (exact) mass is 1130 g/mol. The molecule has 0 aliphatic carbocycles. The molecule has 3 N–H and O–H groups in total. The van der Waals surface area contributed by atoms with Crippen LogP contribution in [0.5, 0.6) is 17.5 Å². The van der Waals surface area contributed by atoms with Crippen LogP contribution in [0.2, 0.25) is 5.02 Å². The van der Waals surface area contributed by atoms with E-state index in [9.17, 15) is 29.9 Å². The number of aromatic hydroxyl groups is 2. The number of piperazine rings is 1. The third-order valence-electron chi connectivity index (χ3n) is 17.9. The van der Waals surface area contributed by atoms with Crippen LogP contribution in [-0.2, 0) is 29.0 Å². The zero-order valence-corrected chi connectivity index (χ0v) is 47.9. The van der Waals surface area contributed by atoms with Crippen LogP contribution in [-0.4, -0.2) is 158 Å². The van der Waals surface area contributed by atoms with Crippen LogP contribution in [0.15, 0.2) is 90.2 Å². The molecule has 1 unspecified atom stereocenters. The van der Waals surface area contributed by atoms with Gasteiger partial charge in [0.25, 0.3) is 0 Å². The van der Waals surface area contributed by atoms with Crippen molar-refractivity contribution in [2.24, 2.45) is 17.8 Å². The van der Waals surface area contributed by atoms with Crippen LogP contribution in [0, 0.1) is 29.1 Å². The summed E-state index contributed by atoms with van der Waals surface area (Å²) in [4.78, 5) is 63.2. The van der Waals surface area contributed by atoms with Crippen molar-refractivity contribution in [1.82, 2.24) is 44.3 Å². The predicted octanol–water partition coefficient (Wildman–Crippen LogP) is 8.32. The number of aromatic amines is 1. The first-order valence-corrected chi connectivity index (χ1v) is 29.8. The lowest BCUT2D eigenvalue weighted by atomic mass is 9.88. The number of nitrogens with one attached hydrogen (secondary N) is 1. The summed E-state index contributed by atoms with van der Waals surface area (Å²) in [6.45, 7) is 17.9. The van der Waals surface area contributed by atoms with Gasteiger partial charge in [0.1, 0.15) is 23.9 Å². The van der Waals surface area contributed by atoms with Crippen LogP contribution in [0.4, 0.5) is 11.5 Å². The van der Waals surface area contributed by atoms with Crippen molar-refractivity contribution >= 4 is 45.7 Å². The Kier molecular flexibility index (Phi) is 17.2. The van der Waals surface area contributed by atoms with Crippen LogP contribution in [0.25, 0.3) is 27.8 Å². The van der Waals surface area contributed by atoms with Gasteiger partial charge in [-0.15, -0.1) is 0 Å². The predicted molar refractivity (Wildman–Crippen MR) is 318 cm³/mol. The van der Waals surface area contributed by atoms with Gasteiger partial charge in [0.05, 0.1) is 47.0 Å². The summed E-state index contributed by atoms with van der Waals surface area (Å²) < 4.78 is 7.86. The summed E-state index contributed by atoms with van der Waals surface area (Å²) in [6.07, 6.45) is 9.16. The van der Waals surface area contributed by atoms with E-state index in [2.05, 4.69) is 83.7 Å². The van der Waals surface area contributed by atoms with Gasteiger partial charge in [0.2, 0.25) is 11.8 Å². The highest BCUT2D eigenvalue weighted by atomic mass is 35.5.